The molecule has 0 aliphatic heterocycles. The van der Waals surface area contributed by atoms with E-state index in [0.717, 1.165) is 11.4 Å². The fraction of sp³-hybridized carbons (Fsp3) is 0.167. The first-order chi connectivity index (χ1) is 12.2. The maximum atomic E-state index is 12.3. The van der Waals surface area contributed by atoms with Crippen molar-refractivity contribution in [1.82, 2.24) is 25.3 Å². The van der Waals surface area contributed by atoms with Crippen LogP contribution in [0.4, 0.5) is 11.6 Å². The predicted octanol–water partition coefficient (Wildman–Crippen LogP) is 2.37. The molecule has 25 heavy (non-hydrogen) atoms. The lowest BCUT2D eigenvalue weighted by Gasteiger charge is -2.13. The number of benzene rings is 1. The quantitative estimate of drug-likeness (QED) is 0.719. The van der Waals surface area contributed by atoms with Gasteiger partial charge in [-0.1, -0.05) is 18.2 Å². The third kappa shape index (κ3) is 4.81. The molecule has 0 bridgehead atoms. The Morgan fingerprint density at radius 3 is 2.48 bits per heavy atom. The number of anilines is 2. The van der Waals surface area contributed by atoms with Gasteiger partial charge in [0.05, 0.1) is 11.3 Å². The van der Waals surface area contributed by atoms with Gasteiger partial charge in [0.15, 0.2) is 0 Å². The highest BCUT2D eigenvalue weighted by Crippen LogP contribution is 2.11. The highest BCUT2D eigenvalue weighted by atomic mass is 16.1. The highest BCUT2D eigenvalue weighted by molar-refractivity contribution is 5.93. The molecule has 3 aromatic rings. The van der Waals surface area contributed by atoms with Crippen LogP contribution < -0.4 is 10.6 Å². The van der Waals surface area contributed by atoms with Gasteiger partial charge in [0.25, 0.3) is 5.91 Å². The third-order valence-corrected chi connectivity index (χ3v) is 3.45. The van der Waals surface area contributed by atoms with E-state index in [1.165, 1.54) is 12.4 Å². The van der Waals surface area contributed by atoms with Gasteiger partial charge in [-0.15, -0.1) is 0 Å². The normalized spacial score (nSPS) is 11.6. The van der Waals surface area contributed by atoms with Gasteiger partial charge in [-0.3, -0.25) is 14.8 Å². The van der Waals surface area contributed by atoms with E-state index in [0.29, 0.717) is 17.9 Å². The zero-order chi connectivity index (χ0) is 17.5. The standard InChI is InChI=1S/C18H18N6O/c1-13(9-16-12-19-7-8-20-16)23-17(25)14-10-21-18(22-11-14)24-15-5-3-2-4-6-15/h2-8,10-13H,9H2,1H3,(H,23,25)(H,21,22,24)/t13-/m1/s1. The van der Waals surface area contributed by atoms with Crippen LogP contribution in [0.1, 0.15) is 23.0 Å². The number of rotatable bonds is 6. The van der Waals surface area contributed by atoms with Crippen LogP contribution in [0.25, 0.3) is 0 Å². The van der Waals surface area contributed by atoms with Crippen molar-refractivity contribution < 1.29 is 4.79 Å². The zero-order valence-corrected chi connectivity index (χ0v) is 13.8. The Morgan fingerprint density at radius 2 is 1.80 bits per heavy atom. The number of nitrogens with zero attached hydrogens (tertiary/aromatic N) is 4. The van der Waals surface area contributed by atoms with E-state index in [4.69, 9.17) is 0 Å². The highest BCUT2D eigenvalue weighted by Gasteiger charge is 2.12. The second-order valence-corrected chi connectivity index (χ2v) is 5.56. The number of nitrogens with one attached hydrogen (secondary N) is 2. The molecule has 0 saturated carbocycles. The molecular formula is C18H18N6O. The van der Waals surface area contributed by atoms with Crippen LogP contribution in [0, 0.1) is 0 Å². The van der Waals surface area contributed by atoms with E-state index >= 15 is 0 Å². The fourth-order valence-corrected chi connectivity index (χ4v) is 2.27. The summed E-state index contributed by atoms with van der Waals surface area (Å²) in [5.41, 5.74) is 2.12. The molecule has 2 N–H and O–H groups in total. The Kier molecular flexibility index (Phi) is 5.26. The minimum atomic E-state index is -0.220. The maximum absolute atomic E-state index is 12.3. The monoisotopic (exact) mass is 334 g/mol. The van der Waals surface area contributed by atoms with Crippen molar-refractivity contribution in [3.63, 3.8) is 0 Å². The van der Waals surface area contributed by atoms with Crippen LogP contribution in [0.3, 0.4) is 0 Å². The Balaban J connectivity index is 1.57. The summed E-state index contributed by atoms with van der Waals surface area (Å²) in [5, 5.41) is 5.98. The number of para-hydroxylation sites is 1. The topological polar surface area (TPSA) is 92.7 Å². The van der Waals surface area contributed by atoms with Crippen molar-refractivity contribution in [1.29, 1.82) is 0 Å². The minimum Gasteiger partial charge on any atom is -0.349 e. The summed E-state index contributed by atoms with van der Waals surface area (Å²) < 4.78 is 0. The van der Waals surface area contributed by atoms with E-state index in [9.17, 15) is 4.79 Å². The van der Waals surface area contributed by atoms with Gasteiger partial charge in [0, 0.05) is 49.1 Å². The van der Waals surface area contributed by atoms with Crippen molar-refractivity contribution in [2.24, 2.45) is 0 Å². The lowest BCUT2D eigenvalue weighted by molar-refractivity contribution is 0.0939. The van der Waals surface area contributed by atoms with E-state index < -0.39 is 0 Å². The molecule has 0 aliphatic carbocycles. The molecule has 0 radical (unpaired) electrons. The number of carbonyl (C=O) groups is 1. The van der Waals surface area contributed by atoms with Crippen LogP contribution in [-0.2, 0) is 6.42 Å². The summed E-state index contributed by atoms with van der Waals surface area (Å²) in [6.07, 6.45) is 8.56. The van der Waals surface area contributed by atoms with Gasteiger partial charge in [0.2, 0.25) is 5.95 Å². The van der Waals surface area contributed by atoms with E-state index in [1.807, 2.05) is 37.3 Å². The molecular weight excluding hydrogens is 316 g/mol. The Hall–Kier alpha value is -3.35. The molecule has 1 amide bonds. The van der Waals surface area contributed by atoms with Crippen molar-refractivity contribution >= 4 is 17.5 Å². The minimum absolute atomic E-state index is 0.0775. The molecule has 126 valence electrons. The summed E-state index contributed by atoms with van der Waals surface area (Å²) in [7, 11) is 0. The van der Waals surface area contributed by atoms with Gasteiger partial charge in [-0.2, -0.15) is 0 Å². The average molecular weight is 334 g/mol. The zero-order valence-electron chi connectivity index (χ0n) is 13.8. The first kappa shape index (κ1) is 16.5. The molecule has 7 heteroatoms. The van der Waals surface area contributed by atoms with Crippen molar-refractivity contribution in [2.75, 3.05) is 5.32 Å². The smallest absolute Gasteiger partial charge is 0.254 e. The summed E-state index contributed by atoms with van der Waals surface area (Å²) in [4.78, 5) is 28.8. The van der Waals surface area contributed by atoms with Crippen molar-refractivity contribution in [3.8, 4) is 0 Å². The number of aromatic nitrogens is 4. The fourth-order valence-electron chi connectivity index (χ4n) is 2.27. The van der Waals surface area contributed by atoms with E-state index in [1.54, 1.807) is 18.6 Å². The Morgan fingerprint density at radius 1 is 1.04 bits per heavy atom. The van der Waals surface area contributed by atoms with E-state index in [2.05, 4.69) is 30.6 Å². The lowest BCUT2D eigenvalue weighted by Crippen LogP contribution is -2.34. The molecule has 3 rings (SSSR count). The molecule has 1 aromatic carbocycles. The molecule has 7 nitrogen and oxygen atoms in total. The number of carbonyl (C=O) groups excluding carboxylic acids is 1. The van der Waals surface area contributed by atoms with Crippen LogP contribution in [0.5, 0.6) is 0 Å². The Labute approximate surface area is 145 Å². The maximum Gasteiger partial charge on any atom is 0.254 e. The summed E-state index contributed by atoms with van der Waals surface area (Å²) in [6, 6.07) is 9.52. The number of hydrogen-bond acceptors (Lipinski definition) is 6. The number of amides is 1. The van der Waals surface area contributed by atoms with Gasteiger partial charge in [-0.05, 0) is 19.1 Å². The summed E-state index contributed by atoms with van der Waals surface area (Å²) in [6.45, 7) is 1.92. The van der Waals surface area contributed by atoms with Crippen LogP contribution in [-0.4, -0.2) is 31.9 Å². The molecule has 0 fully saturated rings. The second kappa shape index (κ2) is 7.96. The van der Waals surface area contributed by atoms with Gasteiger partial charge < -0.3 is 10.6 Å². The first-order valence-corrected chi connectivity index (χ1v) is 7.90. The van der Waals surface area contributed by atoms with Gasteiger partial charge in [-0.25, -0.2) is 9.97 Å². The lowest BCUT2D eigenvalue weighted by atomic mass is 10.2. The van der Waals surface area contributed by atoms with Crippen LogP contribution >= 0.6 is 0 Å². The molecule has 1 atom stereocenters. The van der Waals surface area contributed by atoms with Crippen molar-refractivity contribution in [2.45, 2.75) is 19.4 Å². The SMILES string of the molecule is C[C@H](Cc1cnccn1)NC(=O)c1cnc(Nc2ccccc2)nc1. The van der Waals surface area contributed by atoms with E-state index in [-0.39, 0.29) is 11.9 Å². The van der Waals surface area contributed by atoms with Crippen LogP contribution in [0.15, 0.2) is 61.3 Å². The second-order valence-electron chi connectivity index (χ2n) is 5.56. The predicted molar refractivity (Wildman–Crippen MR) is 94.4 cm³/mol. The number of hydrogen-bond donors (Lipinski definition) is 2. The third-order valence-electron chi connectivity index (χ3n) is 3.45. The molecule has 0 spiro atoms. The van der Waals surface area contributed by atoms with Crippen molar-refractivity contribution in [3.05, 3.63) is 72.6 Å². The largest absolute Gasteiger partial charge is 0.349 e. The molecule has 2 aromatic heterocycles. The molecule has 0 unspecified atom stereocenters. The first-order valence-electron chi connectivity index (χ1n) is 7.90. The summed E-state index contributed by atoms with van der Waals surface area (Å²) in [5.74, 6) is 0.220. The summed E-state index contributed by atoms with van der Waals surface area (Å²) >= 11 is 0. The Bertz CT molecular complexity index is 808. The molecule has 0 aliphatic rings. The molecule has 2 heterocycles. The van der Waals surface area contributed by atoms with Gasteiger partial charge in [0.1, 0.15) is 0 Å². The van der Waals surface area contributed by atoms with Crippen LogP contribution in [0.2, 0.25) is 0 Å². The van der Waals surface area contributed by atoms with Gasteiger partial charge >= 0.3 is 0 Å². The average Bonchev–Trinajstić information content (AvgIpc) is 2.64. The molecule has 0 saturated heterocycles.